The van der Waals surface area contributed by atoms with E-state index >= 15 is 0 Å². The van der Waals surface area contributed by atoms with Gasteiger partial charge < -0.3 is 4.74 Å². The molecule has 0 aliphatic heterocycles. The van der Waals surface area contributed by atoms with Crippen LogP contribution in [0.4, 0.5) is 0 Å². The number of halogens is 1. The summed E-state index contributed by atoms with van der Waals surface area (Å²) in [6.45, 7) is 7.69. The third-order valence-corrected chi connectivity index (χ3v) is 3.76. The molecule has 0 aromatic heterocycles. The van der Waals surface area contributed by atoms with Gasteiger partial charge >= 0.3 is 0 Å². The summed E-state index contributed by atoms with van der Waals surface area (Å²) >= 11 is 5.63. The Kier molecular flexibility index (Phi) is 7.24. The maximum absolute atomic E-state index is 11.8. The first-order chi connectivity index (χ1) is 7.32. The molecule has 0 saturated carbocycles. The standard InChI is InChI=1S/C11H22ClNO2S/c1-9(7-6-8-12)10(15-5)13-16(14)11(2,3)4/h9H,6-8H2,1-5H3/b13-10-/t9-,16+/m0/s1. The van der Waals surface area contributed by atoms with Gasteiger partial charge in [-0.2, -0.15) is 4.40 Å². The SMILES string of the molecule is CO/C(=N\[S@](=O)C(C)(C)C)[C@@H](C)CCCCl. The van der Waals surface area contributed by atoms with E-state index in [1.807, 2.05) is 27.7 Å². The molecule has 16 heavy (non-hydrogen) atoms. The maximum Gasteiger partial charge on any atom is 0.200 e. The van der Waals surface area contributed by atoms with E-state index in [2.05, 4.69) is 4.40 Å². The molecule has 0 aliphatic carbocycles. The molecule has 0 amide bonds. The predicted molar refractivity (Wildman–Crippen MR) is 71.5 cm³/mol. The molecule has 0 rings (SSSR count). The van der Waals surface area contributed by atoms with Gasteiger partial charge in [-0.25, -0.2) is 4.21 Å². The van der Waals surface area contributed by atoms with Gasteiger partial charge in [0.2, 0.25) is 0 Å². The second-order valence-electron chi connectivity index (χ2n) is 4.73. The minimum Gasteiger partial charge on any atom is -0.483 e. The topological polar surface area (TPSA) is 38.7 Å². The van der Waals surface area contributed by atoms with Gasteiger partial charge in [-0.15, -0.1) is 11.6 Å². The molecule has 2 atom stereocenters. The van der Waals surface area contributed by atoms with Crippen molar-refractivity contribution in [3.8, 4) is 0 Å². The molecular formula is C11H22ClNO2S. The van der Waals surface area contributed by atoms with Crippen molar-refractivity contribution in [3.63, 3.8) is 0 Å². The van der Waals surface area contributed by atoms with E-state index in [1.54, 1.807) is 7.11 Å². The molecular weight excluding hydrogens is 246 g/mol. The zero-order valence-electron chi connectivity index (χ0n) is 10.7. The molecule has 0 aromatic rings. The Morgan fingerprint density at radius 2 is 2.06 bits per heavy atom. The molecule has 0 bridgehead atoms. The maximum atomic E-state index is 11.8. The van der Waals surface area contributed by atoms with Crippen molar-refractivity contribution in [3.05, 3.63) is 0 Å². The summed E-state index contributed by atoms with van der Waals surface area (Å²) in [4.78, 5) is 0. The van der Waals surface area contributed by atoms with Crippen molar-refractivity contribution in [1.29, 1.82) is 0 Å². The van der Waals surface area contributed by atoms with Gasteiger partial charge in [0.1, 0.15) is 11.0 Å². The molecule has 0 heterocycles. The van der Waals surface area contributed by atoms with Crippen LogP contribution >= 0.6 is 11.6 Å². The molecule has 0 spiro atoms. The van der Waals surface area contributed by atoms with Crippen LogP contribution < -0.4 is 0 Å². The number of rotatable bonds is 5. The minimum atomic E-state index is -1.26. The highest BCUT2D eigenvalue weighted by Crippen LogP contribution is 2.16. The number of ether oxygens (including phenoxy) is 1. The van der Waals surface area contributed by atoms with Crippen LogP contribution in [0.1, 0.15) is 40.5 Å². The summed E-state index contributed by atoms with van der Waals surface area (Å²) in [5.41, 5.74) is 0. The molecule has 0 radical (unpaired) electrons. The Bertz CT molecular complexity index is 261. The Hall–Kier alpha value is -0.0900. The molecule has 0 saturated heterocycles. The van der Waals surface area contributed by atoms with Crippen LogP contribution in [0.15, 0.2) is 4.40 Å². The first-order valence-corrected chi connectivity index (χ1v) is 7.07. The average molecular weight is 268 g/mol. The van der Waals surface area contributed by atoms with Crippen LogP contribution in [0.3, 0.4) is 0 Å². The van der Waals surface area contributed by atoms with Crippen LogP contribution in [-0.2, 0) is 15.7 Å². The number of methoxy groups -OCH3 is 1. The van der Waals surface area contributed by atoms with E-state index in [0.717, 1.165) is 12.8 Å². The first-order valence-electron chi connectivity index (χ1n) is 5.43. The normalized spacial score (nSPS) is 17.0. The van der Waals surface area contributed by atoms with Gasteiger partial charge in [-0.05, 0) is 33.6 Å². The zero-order valence-corrected chi connectivity index (χ0v) is 12.3. The van der Waals surface area contributed by atoms with Gasteiger partial charge in [-0.1, -0.05) is 6.92 Å². The van der Waals surface area contributed by atoms with Gasteiger partial charge in [0, 0.05) is 11.8 Å². The van der Waals surface area contributed by atoms with Gasteiger partial charge in [-0.3, -0.25) is 0 Å². The molecule has 5 heteroatoms. The highest BCUT2D eigenvalue weighted by atomic mass is 35.5. The lowest BCUT2D eigenvalue weighted by atomic mass is 10.1. The van der Waals surface area contributed by atoms with Crippen molar-refractivity contribution in [2.45, 2.75) is 45.3 Å². The van der Waals surface area contributed by atoms with Gasteiger partial charge in [0.25, 0.3) is 0 Å². The lowest BCUT2D eigenvalue weighted by Gasteiger charge is -2.17. The van der Waals surface area contributed by atoms with E-state index in [1.165, 1.54) is 0 Å². The second kappa shape index (κ2) is 7.28. The minimum absolute atomic E-state index is 0.162. The molecule has 0 fully saturated rings. The summed E-state index contributed by atoms with van der Waals surface area (Å²) in [5.74, 6) is 1.34. The van der Waals surface area contributed by atoms with Crippen LogP contribution in [0.5, 0.6) is 0 Å². The van der Waals surface area contributed by atoms with Crippen molar-refractivity contribution in [2.75, 3.05) is 13.0 Å². The summed E-state index contributed by atoms with van der Waals surface area (Å²) in [6, 6.07) is 0. The van der Waals surface area contributed by atoms with Crippen LogP contribution in [0, 0.1) is 5.92 Å². The van der Waals surface area contributed by atoms with Crippen LogP contribution in [-0.4, -0.2) is 27.8 Å². The van der Waals surface area contributed by atoms with E-state index in [4.69, 9.17) is 16.3 Å². The lowest BCUT2D eigenvalue weighted by Crippen LogP contribution is -2.23. The molecule has 0 aliphatic rings. The third kappa shape index (κ3) is 5.85. The summed E-state index contributed by atoms with van der Waals surface area (Å²) in [5, 5.41) is 0. The highest BCUT2D eigenvalue weighted by molar-refractivity contribution is 7.85. The van der Waals surface area contributed by atoms with Crippen LogP contribution in [0.2, 0.25) is 0 Å². The molecule has 0 unspecified atom stereocenters. The first kappa shape index (κ1) is 15.9. The van der Waals surface area contributed by atoms with Gasteiger partial charge in [0.15, 0.2) is 5.90 Å². The van der Waals surface area contributed by atoms with Crippen molar-refractivity contribution in [1.82, 2.24) is 0 Å². The fraction of sp³-hybridized carbons (Fsp3) is 0.909. The summed E-state index contributed by atoms with van der Waals surface area (Å²) < 4.78 is 20.8. The van der Waals surface area contributed by atoms with Crippen molar-refractivity contribution < 1.29 is 8.95 Å². The molecule has 0 aromatic carbocycles. The van der Waals surface area contributed by atoms with E-state index in [0.29, 0.717) is 11.8 Å². The average Bonchev–Trinajstić information content (AvgIpc) is 2.20. The predicted octanol–water partition coefficient (Wildman–Crippen LogP) is 3.15. The largest absolute Gasteiger partial charge is 0.483 e. The Morgan fingerprint density at radius 1 is 1.50 bits per heavy atom. The quantitative estimate of drug-likeness (QED) is 0.436. The third-order valence-electron chi connectivity index (χ3n) is 2.10. The smallest absolute Gasteiger partial charge is 0.200 e. The van der Waals surface area contributed by atoms with Crippen molar-refractivity contribution in [2.24, 2.45) is 10.3 Å². The Labute approximate surface area is 106 Å². The highest BCUT2D eigenvalue weighted by Gasteiger charge is 2.21. The fourth-order valence-electron chi connectivity index (χ4n) is 1.05. The van der Waals surface area contributed by atoms with E-state index < -0.39 is 11.0 Å². The fourth-order valence-corrected chi connectivity index (χ4v) is 1.90. The molecule has 3 nitrogen and oxygen atoms in total. The van der Waals surface area contributed by atoms with E-state index in [9.17, 15) is 4.21 Å². The van der Waals surface area contributed by atoms with Crippen molar-refractivity contribution >= 4 is 28.5 Å². The van der Waals surface area contributed by atoms with E-state index in [-0.39, 0.29) is 10.7 Å². The Balaban J connectivity index is 4.59. The lowest BCUT2D eigenvalue weighted by molar-refractivity contribution is 0.366. The molecule has 0 N–H and O–H groups in total. The number of hydrogen-bond acceptors (Lipinski definition) is 2. The second-order valence-corrected chi connectivity index (χ2v) is 7.01. The number of nitrogens with zero attached hydrogens (tertiary/aromatic N) is 1. The number of alkyl halides is 1. The monoisotopic (exact) mass is 267 g/mol. The van der Waals surface area contributed by atoms with Crippen LogP contribution in [0.25, 0.3) is 0 Å². The Morgan fingerprint density at radius 3 is 2.44 bits per heavy atom. The number of hydrogen-bond donors (Lipinski definition) is 0. The van der Waals surface area contributed by atoms with Gasteiger partial charge in [0.05, 0.1) is 11.9 Å². The zero-order chi connectivity index (χ0) is 12.8. The molecule has 96 valence electrons. The summed E-state index contributed by atoms with van der Waals surface area (Å²) in [6.07, 6.45) is 1.81. The summed E-state index contributed by atoms with van der Waals surface area (Å²) in [7, 11) is 0.302.